The maximum absolute atomic E-state index is 14.8. The minimum Gasteiger partial charge on any atom is -0.303 e. The molecule has 4 rings (SSSR count). The molecule has 9 nitrogen and oxygen atoms in total. The summed E-state index contributed by atoms with van der Waals surface area (Å²) < 4.78 is 29.6. The van der Waals surface area contributed by atoms with Gasteiger partial charge in [0.25, 0.3) is 11.5 Å². The Morgan fingerprint density at radius 3 is 2.50 bits per heavy atom. The zero-order valence-corrected chi connectivity index (χ0v) is 22.2. The largest absolute Gasteiger partial charge is 0.303 e. The first-order valence-corrected chi connectivity index (χ1v) is 12.3. The SMILES string of the molecule is CC.CON(C)C(=O)c1ccc(Cc2nc(-c3ncc(F)c(=O)[nH]3)cn3c(Cl)cnc23)c(F)c1.SS. The highest BCUT2D eigenvalue weighted by Crippen LogP contribution is 2.23. The number of amides is 1. The summed E-state index contributed by atoms with van der Waals surface area (Å²) in [5, 5.41) is 1.23. The van der Waals surface area contributed by atoms with Crippen LogP contribution in [-0.4, -0.2) is 49.5 Å². The molecule has 3 heterocycles. The van der Waals surface area contributed by atoms with E-state index in [4.69, 9.17) is 16.4 Å². The number of fused-ring (bicyclic) bond motifs is 1. The van der Waals surface area contributed by atoms with Crippen LogP contribution in [0.2, 0.25) is 5.15 Å². The van der Waals surface area contributed by atoms with E-state index in [1.165, 1.54) is 43.1 Å². The number of benzene rings is 1. The standard InChI is InChI=1S/C20H15ClF2N6O3.C2H6.H2S2/c1-28(32-2)20(31)11-4-3-10(12(22)5-11)6-14-18-25-8-16(21)29(18)9-15(26-14)17-24-7-13(23)19(30)27-17;2*1-2/h3-5,7-9H,6H2,1-2H3,(H,24,27,30);1-2H3;1-2H. The second kappa shape index (κ2) is 13.3. The number of carbonyl (C=O) groups excluding carboxylic acids is 1. The van der Waals surface area contributed by atoms with Gasteiger partial charge in [0.1, 0.15) is 16.7 Å². The van der Waals surface area contributed by atoms with Gasteiger partial charge >= 0.3 is 0 Å². The summed E-state index contributed by atoms with van der Waals surface area (Å²) in [6, 6.07) is 4.03. The van der Waals surface area contributed by atoms with Crippen molar-refractivity contribution in [1.82, 2.24) is 29.4 Å². The molecule has 192 valence electrons. The summed E-state index contributed by atoms with van der Waals surface area (Å²) in [6.45, 7) is 4.00. The highest BCUT2D eigenvalue weighted by atomic mass is 35.5. The van der Waals surface area contributed by atoms with Crippen molar-refractivity contribution in [3.05, 3.63) is 80.8 Å². The number of aromatic nitrogens is 5. The van der Waals surface area contributed by atoms with Crippen molar-refractivity contribution in [1.29, 1.82) is 0 Å². The number of rotatable bonds is 5. The number of hydrogen-bond donors (Lipinski definition) is 3. The van der Waals surface area contributed by atoms with Crippen molar-refractivity contribution < 1.29 is 18.4 Å². The predicted molar refractivity (Wildman–Crippen MR) is 139 cm³/mol. The molecule has 1 amide bonds. The number of nitrogens with one attached hydrogen (secondary N) is 1. The zero-order valence-electron chi connectivity index (χ0n) is 19.7. The average molecular weight is 557 g/mol. The molecule has 0 unspecified atom stereocenters. The van der Waals surface area contributed by atoms with E-state index in [9.17, 15) is 18.4 Å². The molecule has 0 aliphatic carbocycles. The maximum Gasteiger partial charge on any atom is 0.287 e. The third-order valence-electron chi connectivity index (χ3n) is 4.73. The molecule has 3 aromatic heterocycles. The fourth-order valence-corrected chi connectivity index (χ4v) is 3.21. The highest BCUT2D eigenvalue weighted by molar-refractivity contribution is 8.59. The fraction of sp³-hybridized carbons (Fsp3) is 0.227. The van der Waals surface area contributed by atoms with Crippen molar-refractivity contribution in [2.45, 2.75) is 20.3 Å². The Balaban J connectivity index is 0.00000109. The van der Waals surface area contributed by atoms with Gasteiger partial charge in [0.15, 0.2) is 11.5 Å². The number of hydroxylamine groups is 2. The molecule has 14 heteroatoms. The van der Waals surface area contributed by atoms with E-state index in [1.54, 1.807) is 0 Å². The molecule has 4 aromatic rings. The molecule has 0 spiro atoms. The minimum atomic E-state index is -1.04. The molecule has 0 aliphatic heterocycles. The number of aromatic amines is 1. The van der Waals surface area contributed by atoms with Gasteiger partial charge in [-0.15, -0.1) is 23.3 Å². The molecule has 0 atom stereocenters. The van der Waals surface area contributed by atoms with Crippen molar-refractivity contribution >= 4 is 46.5 Å². The van der Waals surface area contributed by atoms with Crippen molar-refractivity contribution in [3.63, 3.8) is 0 Å². The van der Waals surface area contributed by atoms with Gasteiger partial charge in [0.05, 0.1) is 25.2 Å². The Morgan fingerprint density at radius 1 is 1.19 bits per heavy atom. The first kappa shape index (κ1) is 29.2. The van der Waals surface area contributed by atoms with Gasteiger partial charge in [-0.05, 0) is 17.7 Å². The number of hydrogen-bond acceptors (Lipinski definition) is 8. The van der Waals surface area contributed by atoms with E-state index in [2.05, 4.69) is 43.3 Å². The van der Waals surface area contributed by atoms with Crippen LogP contribution in [0.5, 0.6) is 0 Å². The number of halogens is 3. The van der Waals surface area contributed by atoms with Crippen LogP contribution in [-0.2, 0) is 11.3 Å². The van der Waals surface area contributed by atoms with E-state index in [0.29, 0.717) is 11.3 Å². The Kier molecular flexibility index (Phi) is 10.8. The van der Waals surface area contributed by atoms with Crippen LogP contribution in [0.3, 0.4) is 0 Å². The average Bonchev–Trinajstić information content (AvgIpc) is 3.29. The lowest BCUT2D eigenvalue weighted by Gasteiger charge is -2.14. The van der Waals surface area contributed by atoms with E-state index in [0.717, 1.165) is 17.3 Å². The lowest BCUT2D eigenvalue weighted by molar-refractivity contribution is -0.0757. The molecule has 0 saturated heterocycles. The first-order chi connectivity index (χ1) is 17.3. The zero-order chi connectivity index (χ0) is 27.0. The molecule has 0 saturated carbocycles. The Morgan fingerprint density at radius 2 is 1.89 bits per heavy atom. The summed E-state index contributed by atoms with van der Waals surface area (Å²) >= 11 is 12.6. The van der Waals surface area contributed by atoms with Crippen LogP contribution in [0.15, 0.2) is 41.6 Å². The van der Waals surface area contributed by atoms with Gasteiger partial charge in [-0.25, -0.2) is 24.4 Å². The second-order valence-electron chi connectivity index (χ2n) is 6.72. The highest BCUT2D eigenvalue weighted by Gasteiger charge is 2.18. The second-order valence-corrected chi connectivity index (χ2v) is 7.11. The fourth-order valence-electron chi connectivity index (χ4n) is 3.03. The third kappa shape index (κ3) is 6.40. The third-order valence-corrected chi connectivity index (χ3v) is 5.01. The van der Waals surface area contributed by atoms with Gasteiger partial charge in [-0.3, -0.25) is 18.8 Å². The van der Waals surface area contributed by atoms with Crippen LogP contribution < -0.4 is 5.56 Å². The van der Waals surface area contributed by atoms with Gasteiger partial charge in [0, 0.05) is 25.2 Å². The molecule has 0 aliphatic rings. The van der Waals surface area contributed by atoms with Crippen LogP contribution >= 0.6 is 34.9 Å². The van der Waals surface area contributed by atoms with Gasteiger partial charge in [0.2, 0.25) is 5.82 Å². The normalized spacial score (nSPS) is 10.2. The number of carbonyl (C=O) groups is 1. The van der Waals surface area contributed by atoms with Crippen LogP contribution in [0.1, 0.15) is 35.5 Å². The summed E-state index contributed by atoms with van der Waals surface area (Å²) in [5.41, 5.74) is 0.267. The van der Waals surface area contributed by atoms with E-state index in [1.807, 2.05) is 13.8 Å². The summed E-state index contributed by atoms with van der Waals surface area (Å²) in [7, 11) is 2.74. The van der Waals surface area contributed by atoms with E-state index in [-0.39, 0.29) is 34.2 Å². The van der Waals surface area contributed by atoms with E-state index < -0.39 is 23.1 Å². The van der Waals surface area contributed by atoms with Gasteiger partial charge in [-0.2, -0.15) is 4.39 Å². The van der Waals surface area contributed by atoms with Crippen molar-refractivity contribution in [3.8, 4) is 11.5 Å². The first-order valence-electron chi connectivity index (χ1n) is 10.4. The molecule has 0 bridgehead atoms. The Bertz CT molecular complexity index is 1420. The van der Waals surface area contributed by atoms with Crippen LogP contribution in [0.25, 0.3) is 17.2 Å². The van der Waals surface area contributed by atoms with Crippen molar-refractivity contribution in [2.24, 2.45) is 0 Å². The number of H-pyrrole nitrogens is 1. The summed E-state index contributed by atoms with van der Waals surface area (Å²) in [6.07, 6.45) is 3.65. The van der Waals surface area contributed by atoms with Crippen LogP contribution in [0.4, 0.5) is 8.78 Å². The van der Waals surface area contributed by atoms with Crippen molar-refractivity contribution in [2.75, 3.05) is 14.2 Å². The predicted octanol–water partition coefficient (Wildman–Crippen LogP) is 4.42. The topological polar surface area (TPSA) is 105 Å². The number of thiol groups is 2. The molecule has 1 aromatic carbocycles. The molecular formula is C22H23ClF2N6O3S2. The van der Waals surface area contributed by atoms with E-state index >= 15 is 0 Å². The smallest absolute Gasteiger partial charge is 0.287 e. The molecule has 0 radical (unpaired) electrons. The molecule has 1 N–H and O–H groups in total. The number of imidazole rings is 1. The monoisotopic (exact) mass is 556 g/mol. The summed E-state index contributed by atoms with van der Waals surface area (Å²) in [4.78, 5) is 43.4. The van der Waals surface area contributed by atoms with Gasteiger partial charge < -0.3 is 4.98 Å². The quantitative estimate of drug-likeness (QED) is 0.191. The summed E-state index contributed by atoms with van der Waals surface area (Å²) in [5.74, 6) is -2.16. The Labute approximate surface area is 220 Å². The lowest BCUT2D eigenvalue weighted by Crippen LogP contribution is -2.25. The minimum absolute atomic E-state index is 0.00344. The molecular weight excluding hydrogens is 534 g/mol. The molecule has 0 fully saturated rings. The van der Waals surface area contributed by atoms with Gasteiger partial charge in [-0.1, -0.05) is 31.5 Å². The number of nitrogens with zero attached hydrogens (tertiary/aromatic N) is 5. The maximum atomic E-state index is 14.8. The molecule has 36 heavy (non-hydrogen) atoms. The lowest BCUT2D eigenvalue weighted by atomic mass is 10.1. The van der Waals surface area contributed by atoms with Crippen LogP contribution in [0, 0.1) is 11.6 Å². The Hall–Kier alpha value is -3.00.